The number of hydrogen-bond acceptors (Lipinski definition) is 4. The second kappa shape index (κ2) is 8.58. The van der Waals surface area contributed by atoms with Crippen molar-refractivity contribution in [2.24, 2.45) is 0 Å². The van der Waals surface area contributed by atoms with Crippen molar-refractivity contribution in [1.29, 1.82) is 0 Å². The Bertz CT molecular complexity index is 1290. The van der Waals surface area contributed by atoms with Gasteiger partial charge in [-0.15, -0.1) is 0 Å². The lowest BCUT2D eigenvalue weighted by molar-refractivity contribution is -0.120. The third-order valence-electron chi connectivity index (χ3n) is 6.28. The molecule has 0 aliphatic carbocycles. The second-order valence-corrected chi connectivity index (χ2v) is 8.83. The third kappa shape index (κ3) is 4.14. The maximum atomic E-state index is 13.7. The zero-order valence-corrected chi connectivity index (χ0v) is 20.0. The fraction of sp³-hybridized carbons (Fsp3) is 0.214. The predicted octanol–water partition coefficient (Wildman–Crippen LogP) is 5.38. The highest BCUT2D eigenvalue weighted by Crippen LogP contribution is 2.35. The van der Waals surface area contributed by atoms with E-state index in [-0.39, 0.29) is 11.8 Å². The van der Waals surface area contributed by atoms with E-state index in [0.29, 0.717) is 17.0 Å². The summed E-state index contributed by atoms with van der Waals surface area (Å²) in [5.41, 5.74) is 8.22. The summed E-state index contributed by atoms with van der Waals surface area (Å²) in [6.45, 7) is 8.11. The van der Waals surface area contributed by atoms with E-state index in [0.717, 1.165) is 33.6 Å². The van der Waals surface area contributed by atoms with Crippen molar-refractivity contribution in [2.45, 2.75) is 27.7 Å². The monoisotopic (exact) mass is 439 g/mol. The van der Waals surface area contributed by atoms with E-state index in [1.54, 1.807) is 0 Å². The number of aryl methyl sites for hydroxylation is 4. The fourth-order valence-electron chi connectivity index (χ4n) is 3.91. The maximum absolute atomic E-state index is 13.7. The van der Waals surface area contributed by atoms with Crippen molar-refractivity contribution < 1.29 is 9.59 Å². The molecule has 0 atom stereocenters. The SMILES string of the molecule is Cc1ccc(NC2=C(c3ccc(C)c(C)c3)C(=O)N(c3ccc(N(C)C)cc3)C2=O)cc1C. The van der Waals surface area contributed by atoms with Crippen LogP contribution in [0.5, 0.6) is 0 Å². The van der Waals surface area contributed by atoms with E-state index in [4.69, 9.17) is 0 Å². The van der Waals surface area contributed by atoms with E-state index in [1.807, 2.05) is 107 Å². The van der Waals surface area contributed by atoms with Crippen molar-refractivity contribution in [3.8, 4) is 0 Å². The number of anilines is 3. The van der Waals surface area contributed by atoms with Gasteiger partial charge in [-0.05, 0) is 91.9 Å². The molecule has 1 aliphatic rings. The van der Waals surface area contributed by atoms with Crippen LogP contribution in [0.1, 0.15) is 27.8 Å². The molecule has 3 aromatic carbocycles. The first-order chi connectivity index (χ1) is 15.7. The maximum Gasteiger partial charge on any atom is 0.282 e. The first-order valence-corrected chi connectivity index (χ1v) is 11.0. The first kappa shape index (κ1) is 22.3. The smallest absolute Gasteiger partial charge is 0.282 e. The summed E-state index contributed by atoms with van der Waals surface area (Å²) in [5.74, 6) is -0.684. The van der Waals surface area contributed by atoms with Crippen molar-refractivity contribution in [3.63, 3.8) is 0 Å². The Hall–Kier alpha value is -3.86. The minimum atomic E-state index is -0.357. The number of amides is 2. The summed E-state index contributed by atoms with van der Waals surface area (Å²) < 4.78 is 0. The summed E-state index contributed by atoms with van der Waals surface area (Å²) in [6, 6.07) is 19.2. The van der Waals surface area contributed by atoms with Crippen molar-refractivity contribution in [2.75, 3.05) is 29.2 Å². The number of nitrogens with zero attached hydrogens (tertiary/aromatic N) is 2. The molecular formula is C28H29N3O2. The molecule has 0 spiro atoms. The van der Waals surface area contributed by atoms with Gasteiger partial charge in [0.15, 0.2) is 0 Å². The van der Waals surface area contributed by atoms with Gasteiger partial charge in [-0.3, -0.25) is 9.59 Å². The van der Waals surface area contributed by atoms with Crippen LogP contribution >= 0.6 is 0 Å². The molecule has 0 radical (unpaired) electrons. The minimum absolute atomic E-state index is 0.295. The molecule has 5 heteroatoms. The Morgan fingerprint density at radius 3 is 1.88 bits per heavy atom. The van der Waals surface area contributed by atoms with Gasteiger partial charge in [-0.1, -0.05) is 24.3 Å². The number of rotatable bonds is 5. The van der Waals surface area contributed by atoms with Crippen LogP contribution in [0.2, 0.25) is 0 Å². The molecule has 3 aromatic rings. The van der Waals surface area contributed by atoms with Crippen molar-refractivity contribution in [1.82, 2.24) is 0 Å². The van der Waals surface area contributed by atoms with Gasteiger partial charge in [-0.25, -0.2) is 4.90 Å². The normalized spacial score (nSPS) is 13.7. The number of hydrogen-bond donors (Lipinski definition) is 1. The quantitative estimate of drug-likeness (QED) is 0.542. The highest BCUT2D eigenvalue weighted by molar-refractivity contribution is 6.46. The van der Waals surface area contributed by atoms with Gasteiger partial charge < -0.3 is 10.2 Å². The summed E-state index contributed by atoms with van der Waals surface area (Å²) in [7, 11) is 3.90. The Morgan fingerprint density at radius 1 is 0.697 bits per heavy atom. The van der Waals surface area contributed by atoms with Crippen LogP contribution in [0.15, 0.2) is 66.4 Å². The summed E-state index contributed by atoms with van der Waals surface area (Å²) in [4.78, 5) is 30.5. The van der Waals surface area contributed by atoms with Gasteiger partial charge in [0.05, 0.1) is 11.3 Å². The molecule has 1 heterocycles. The average molecular weight is 440 g/mol. The topological polar surface area (TPSA) is 52.7 Å². The van der Waals surface area contributed by atoms with Gasteiger partial charge in [0.25, 0.3) is 11.8 Å². The van der Waals surface area contributed by atoms with Crippen LogP contribution in [-0.2, 0) is 9.59 Å². The molecule has 5 nitrogen and oxygen atoms in total. The van der Waals surface area contributed by atoms with Crippen LogP contribution < -0.4 is 15.1 Å². The zero-order valence-electron chi connectivity index (χ0n) is 20.0. The molecule has 0 saturated heterocycles. The van der Waals surface area contributed by atoms with E-state index in [2.05, 4.69) is 5.32 Å². The van der Waals surface area contributed by atoms with Crippen LogP contribution in [0.25, 0.3) is 5.57 Å². The molecule has 168 valence electrons. The van der Waals surface area contributed by atoms with Gasteiger partial charge in [-0.2, -0.15) is 0 Å². The number of carbonyl (C=O) groups excluding carboxylic acids is 2. The van der Waals surface area contributed by atoms with Crippen LogP contribution in [-0.4, -0.2) is 25.9 Å². The van der Waals surface area contributed by atoms with E-state index >= 15 is 0 Å². The Labute approximate surface area is 195 Å². The van der Waals surface area contributed by atoms with Crippen molar-refractivity contribution >= 4 is 34.4 Å². The Balaban J connectivity index is 1.81. The molecule has 1 aliphatic heterocycles. The summed E-state index contributed by atoms with van der Waals surface area (Å²) in [6.07, 6.45) is 0. The van der Waals surface area contributed by atoms with Crippen molar-refractivity contribution in [3.05, 3.63) is 94.2 Å². The summed E-state index contributed by atoms with van der Waals surface area (Å²) in [5, 5.41) is 3.26. The lowest BCUT2D eigenvalue weighted by Gasteiger charge is -2.18. The minimum Gasteiger partial charge on any atom is -0.378 e. The molecule has 4 rings (SSSR count). The van der Waals surface area contributed by atoms with Crippen LogP contribution in [0.3, 0.4) is 0 Å². The lowest BCUT2D eigenvalue weighted by atomic mass is 9.99. The molecule has 1 N–H and O–H groups in total. The molecule has 0 saturated carbocycles. The number of carbonyl (C=O) groups is 2. The predicted molar refractivity (Wildman–Crippen MR) is 136 cm³/mol. The molecule has 0 fully saturated rings. The van der Waals surface area contributed by atoms with Gasteiger partial charge >= 0.3 is 0 Å². The molecule has 0 unspecified atom stereocenters. The molecule has 0 aromatic heterocycles. The zero-order chi connectivity index (χ0) is 23.9. The number of imide groups is 1. The van der Waals surface area contributed by atoms with E-state index in [1.165, 1.54) is 10.5 Å². The fourth-order valence-corrected chi connectivity index (χ4v) is 3.91. The number of benzene rings is 3. The highest BCUT2D eigenvalue weighted by atomic mass is 16.2. The average Bonchev–Trinajstić information content (AvgIpc) is 3.02. The standard InChI is InChI=1S/C28H29N3O2/c1-17-7-9-21(15-19(17)3)25-26(29-22-10-8-18(2)20(4)16-22)28(33)31(27(25)32)24-13-11-23(12-14-24)30(5)6/h7-16,29H,1-6H3. The largest absolute Gasteiger partial charge is 0.378 e. The first-order valence-electron chi connectivity index (χ1n) is 11.0. The highest BCUT2D eigenvalue weighted by Gasteiger charge is 2.40. The third-order valence-corrected chi connectivity index (χ3v) is 6.28. The van der Waals surface area contributed by atoms with Gasteiger partial charge in [0.2, 0.25) is 0 Å². The van der Waals surface area contributed by atoms with Crippen LogP contribution in [0.4, 0.5) is 17.1 Å². The van der Waals surface area contributed by atoms with E-state index in [9.17, 15) is 9.59 Å². The summed E-state index contributed by atoms with van der Waals surface area (Å²) >= 11 is 0. The second-order valence-electron chi connectivity index (χ2n) is 8.83. The molecule has 2 amide bonds. The molecule has 0 bridgehead atoms. The van der Waals surface area contributed by atoms with E-state index < -0.39 is 0 Å². The van der Waals surface area contributed by atoms with Gasteiger partial charge in [0, 0.05) is 25.5 Å². The Kier molecular flexibility index (Phi) is 5.81. The lowest BCUT2D eigenvalue weighted by Crippen LogP contribution is -2.32. The van der Waals surface area contributed by atoms with Gasteiger partial charge in [0.1, 0.15) is 5.70 Å². The molecule has 33 heavy (non-hydrogen) atoms. The van der Waals surface area contributed by atoms with Crippen LogP contribution in [0, 0.1) is 27.7 Å². The molecular weight excluding hydrogens is 410 g/mol. The Morgan fingerprint density at radius 2 is 1.30 bits per heavy atom. The number of nitrogens with one attached hydrogen (secondary N) is 1.